The lowest BCUT2D eigenvalue weighted by molar-refractivity contribution is 0.0849. The standard InChI is InChI=1S/C15H9BrClFO2/c16-9-2-3-10-13(19)7-14(20-15(10)6-9)8-1-4-11(17)12(18)5-8/h1-6,14H,7H2. The molecular weight excluding hydrogens is 347 g/mol. The summed E-state index contributed by atoms with van der Waals surface area (Å²) >= 11 is 9.00. The van der Waals surface area contributed by atoms with Gasteiger partial charge in [0.15, 0.2) is 5.78 Å². The summed E-state index contributed by atoms with van der Waals surface area (Å²) in [4.78, 5) is 12.1. The molecular formula is C15H9BrClFO2. The van der Waals surface area contributed by atoms with Gasteiger partial charge in [-0.1, -0.05) is 33.6 Å². The van der Waals surface area contributed by atoms with Crippen molar-refractivity contribution in [3.05, 3.63) is 62.8 Å². The van der Waals surface area contributed by atoms with Crippen molar-refractivity contribution in [1.29, 1.82) is 0 Å². The smallest absolute Gasteiger partial charge is 0.170 e. The molecule has 0 radical (unpaired) electrons. The Kier molecular flexibility index (Phi) is 3.52. The van der Waals surface area contributed by atoms with Gasteiger partial charge in [0, 0.05) is 4.47 Å². The van der Waals surface area contributed by atoms with Crippen LogP contribution in [0.4, 0.5) is 4.39 Å². The molecule has 0 N–H and O–H groups in total. The van der Waals surface area contributed by atoms with E-state index < -0.39 is 11.9 Å². The van der Waals surface area contributed by atoms with Crippen molar-refractivity contribution in [3.8, 4) is 5.75 Å². The summed E-state index contributed by atoms with van der Waals surface area (Å²) < 4.78 is 20.1. The van der Waals surface area contributed by atoms with Gasteiger partial charge in [-0.3, -0.25) is 4.79 Å². The molecule has 0 spiro atoms. The van der Waals surface area contributed by atoms with Crippen LogP contribution in [0.25, 0.3) is 0 Å². The van der Waals surface area contributed by atoms with E-state index in [1.54, 1.807) is 24.3 Å². The molecule has 0 fully saturated rings. The molecule has 0 saturated carbocycles. The number of carbonyl (C=O) groups excluding carboxylic acids is 1. The molecule has 2 nitrogen and oxygen atoms in total. The van der Waals surface area contributed by atoms with Crippen molar-refractivity contribution in [1.82, 2.24) is 0 Å². The Morgan fingerprint density at radius 3 is 2.80 bits per heavy atom. The average Bonchev–Trinajstić information content (AvgIpc) is 2.41. The van der Waals surface area contributed by atoms with Crippen LogP contribution >= 0.6 is 27.5 Å². The molecule has 20 heavy (non-hydrogen) atoms. The predicted molar refractivity (Wildman–Crippen MR) is 77.9 cm³/mol. The Labute approximate surface area is 128 Å². The minimum Gasteiger partial charge on any atom is -0.484 e. The maximum absolute atomic E-state index is 13.5. The van der Waals surface area contributed by atoms with E-state index in [1.807, 2.05) is 0 Å². The van der Waals surface area contributed by atoms with Crippen molar-refractivity contribution >= 4 is 33.3 Å². The Morgan fingerprint density at radius 1 is 1.25 bits per heavy atom. The minimum absolute atomic E-state index is 0.0147. The number of hydrogen-bond acceptors (Lipinski definition) is 2. The second kappa shape index (κ2) is 5.19. The first-order valence-corrected chi connectivity index (χ1v) is 7.16. The molecule has 102 valence electrons. The van der Waals surface area contributed by atoms with Crippen LogP contribution in [0.2, 0.25) is 5.02 Å². The Morgan fingerprint density at radius 2 is 2.05 bits per heavy atom. The first kappa shape index (κ1) is 13.6. The highest BCUT2D eigenvalue weighted by Crippen LogP contribution is 2.37. The number of carbonyl (C=O) groups is 1. The van der Waals surface area contributed by atoms with Crippen LogP contribution in [0.5, 0.6) is 5.75 Å². The third-order valence-electron chi connectivity index (χ3n) is 3.20. The maximum atomic E-state index is 13.5. The Hall–Kier alpha value is -1.39. The summed E-state index contributed by atoms with van der Waals surface area (Å²) in [6.45, 7) is 0. The molecule has 0 aromatic heterocycles. The topological polar surface area (TPSA) is 26.3 Å². The lowest BCUT2D eigenvalue weighted by Gasteiger charge is -2.25. The molecule has 1 aliphatic rings. The van der Waals surface area contributed by atoms with Gasteiger partial charge in [0.1, 0.15) is 17.7 Å². The molecule has 1 unspecified atom stereocenters. The largest absolute Gasteiger partial charge is 0.484 e. The van der Waals surface area contributed by atoms with E-state index in [0.29, 0.717) is 16.9 Å². The summed E-state index contributed by atoms with van der Waals surface area (Å²) in [7, 11) is 0. The average molecular weight is 356 g/mol. The van der Waals surface area contributed by atoms with E-state index in [1.165, 1.54) is 12.1 Å². The van der Waals surface area contributed by atoms with Gasteiger partial charge in [0.05, 0.1) is 17.0 Å². The number of ketones is 1. The van der Waals surface area contributed by atoms with Crippen LogP contribution in [0.3, 0.4) is 0 Å². The quantitative estimate of drug-likeness (QED) is 0.723. The molecule has 0 aliphatic carbocycles. The first-order chi connectivity index (χ1) is 9.54. The summed E-state index contributed by atoms with van der Waals surface area (Å²) in [5.74, 6) is -0.0182. The van der Waals surface area contributed by atoms with Crippen molar-refractivity contribution < 1.29 is 13.9 Å². The van der Waals surface area contributed by atoms with Crippen LogP contribution in [0, 0.1) is 5.82 Å². The third-order valence-corrected chi connectivity index (χ3v) is 4.00. The first-order valence-electron chi connectivity index (χ1n) is 5.99. The molecule has 1 heterocycles. The number of fused-ring (bicyclic) bond motifs is 1. The zero-order chi connectivity index (χ0) is 14.3. The van der Waals surface area contributed by atoms with Gasteiger partial charge in [0.2, 0.25) is 0 Å². The van der Waals surface area contributed by atoms with Crippen LogP contribution in [-0.4, -0.2) is 5.78 Å². The lowest BCUT2D eigenvalue weighted by atomic mass is 9.96. The van der Waals surface area contributed by atoms with Gasteiger partial charge in [0.25, 0.3) is 0 Å². The minimum atomic E-state index is -0.514. The molecule has 0 bridgehead atoms. The normalized spacial score (nSPS) is 17.6. The number of ether oxygens (including phenoxy) is 1. The Bertz CT molecular complexity index is 702. The maximum Gasteiger partial charge on any atom is 0.170 e. The van der Waals surface area contributed by atoms with Gasteiger partial charge in [-0.25, -0.2) is 4.39 Å². The molecule has 1 atom stereocenters. The second-order valence-electron chi connectivity index (χ2n) is 4.55. The van der Waals surface area contributed by atoms with Gasteiger partial charge in [-0.05, 0) is 35.9 Å². The fraction of sp³-hybridized carbons (Fsp3) is 0.133. The van der Waals surface area contributed by atoms with Crippen LogP contribution < -0.4 is 4.74 Å². The zero-order valence-corrected chi connectivity index (χ0v) is 12.5. The summed E-state index contributed by atoms with van der Waals surface area (Å²) in [5.41, 5.74) is 1.16. The number of rotatable bonds is 1. The fourth-order valence-corrected chi connectivity index (χ4v) is 2.65. The second-order valence-corrected chi connectivity index (χ2v) is 5.87. The van der Waals surface area contributed by atoms with Crippen LogP contribution in [0.1, 0.15) is 28.4 Å². The molecule has 2 aromatic carbocycles. The highest BCUT2D eigenvalue weighted by Gasteiger charge is 2.28. The number of Topliss-reactive ketones (excluding diaryl/α,β-unsaturated/α-hetero) is 1. The summed E-state index contributed by atoms with van der Waals surface area (Å²) in [6.07, 6.45) is -0.300. The van der Waals surface area contributed by atoms with Gasteiger partial charge >= 0.3 is 0 Å². The monoisotopic (exact) mass is 354 g/mol. The molecule has 0 amide bonds. The fourth-order valence-electron chi connectivity index (χ4n) is 2.20. The summed E-state index contributed by atoms with van der Waals surface area (Å²) in [6, 6.07) is 9.71. The van der Waals surface area contributed by atoms with E-state index in [0.717, 1.165) is 4.47 Å². The van der Waals surface area contributed by atoms with E-state index in [-0.39, 0.29) is 17.2 Å². The van der Waals surface area contributed by atoms with Gasteiger partial charge in [-0.15, -0.1) is 0 Å². The Balaban J connectivity index is 1.98. The highest BCUT2D eigenvalue weighted by molar-refractivity contribution is 9.10. The zero-order valence-electron chi connectivity index (χ0n) is 10.2. The molecule has 5 heteroatoms. The van der Waals surface area contributed by atoms with Gasteiger partial charge < -0.3 is 4.74 Å². The number of hydrogen-bond donors (Lipinski definition) is 0. The van der Waals surface area contributed by atoms with Crippen molar-refractivity contribution in [2.24, 2.45) is 0 Å². The van der Waals surface area contributed by atoms with E-state index >= 15 is 0 Å². The van der Waals surface area contributed by atoms with E-state index in [9.17, 15) is 9.18 Å². The molecule has 1 aliphatic heterocycles. The number of halogens is 3. The summed E-state index contributed by atoms with van der Waals surface area (Å²) in [5, 5.41) is 0.0547. The highest BCUT2D eigenvalue weighted by atomic mass is 79.9. The van der Waals surface area contributed by atoms with E-state index in [4.69, 9.17) is 16.3 Å². The molecule has 0 saturated heterocycles. The van der Waals surface area contributed by atoms with E-state index in [2.05, 4.69) is 15.9 Å². The van der Waals surface area contributed by atoms with Crippen LogP contribution in [0.15, 0.2) is 40.9 Å². The number of benzene rings is 2. The lowest BCUT2D eigenvalue weighted by Crippen LogP contribution is -2.20. The van der Waals surface area contributed by atoms with Crippen molar-refractivity contribution in [2.45, 2.75) is 12.5 Å². The molecule has 3 rings (SSSR count). The van der Waals surface area contributed by atoms with Crippen LogP contribution in [-0.2, 0) is 0 Å². The third kappa shape index (κ3) is 2.45. The predicted octanol–water partition coefficient (Wildman–Crippen LogP) is 4.95. The molecule has 2 aromatic rings. The van der Waals surface area contributed by atoms with Crippen molar-refractivity contribution in [2.75, 3.05) is 0 Å². The SMILES string of the molecule is O=C1CC(c2ccc(Cl)c(F)c2)Oc2cc(Br)ccc21. The van der Waals surface area contributed by atoms with Crippen molar-refractivity contribution in [3.63, 3.8) is 0 Å². The van der Waals surface area contributed by atoms with Gasteiger partial charge in [-0.2, -0.15) is 0 Å².